The molecule has 1 aromatic carbocycles. The summed E-state index contributed by atoms with van der Waals surface area (Å²) in [6.07, 6.45) is 6.43. The molecule has 2 atom stereocenters. The Hall–Kier alpha value is -3.64. The number of ether oxygens (including phenoxy) is 1. The van der Waals surface area contributed by atoms with Gasteiger partial charge in [0.25, 0.3) is 0 Å². The summed E-state index contributed by atoms with van der Waals surface area (Å²) in [5.41, 5.74) is 7.07. The van der Waals surface area contributed by atoms with Gasteiger partial charge in [-0.15, -0.1) is 0 Å². The summed E-state index contributed by atoms with van der Waals surface area (Å²) in [4.78, 5) is 16.5. The number of aryl methyl sites for hydroxylation is 1. The standard InChI is InChI=1S/C27H31N7O2/c1-17-8-19-9-23(21-12-29-31(3)14-21)20(11-28)10-26(19)33(13-17)27-24-15-32(18(2)35)6-4-25(24)34(30-27)22-5-7-36-16-22/h9-10,12,14,17,22H,4-8,13,15-16H2,1-3H3. The number of fused-ring (bicyclic) bond motifs is 2. The Balaban J connectivity index is 1.49. The van der Waals surface area contributed by atoms with Crippen LogP contribution in [0.5, 0.6) is 0 Å². The Morgan fingerprint density at radius 3 is 2.86 bits per heavy atom. The van der Waals surface area contributed by atoms with E-state index in [0.29, 0.717) is 31.2 Å². The van der Waals surface area contributed by atoms with Gasteiger partial charge in [-0.25, -0.2) is 0 Å². The number of nitriles is 1. The molecule has 2 unspecified atom stereocenters. The molecule has 9 nitrogen and oxygen atoms in total. The molecule has 0 spiro atoms. The molecule has 1 saturated heterocycles. The van der Waals surface area contributed by atoms with Crippen molar-refractivity contribution in [1.29, 1.82) is 5.26 Å². The molecule has 186 valence electrons. The topological polar surface area (TPSA) is 92.2 Å². The van der Waals surface area contributed by atoms with Crippen molar-refractivity contribution in [2.45, 2.75) is 45.7 Å². The molecule has 0 radical (unpaired) electrons. The van der Waals surface area contributed by atoms with E-state index in [4.69, 9.17) is 9.84 Å². The Morgan fingerprint density at radius 2 is 2.17 bits per heavy atom. The van der Waals surface area contributed by atoms with Crippen molar-refractivity contribution in [2.75, 3.05) is 31.2 Å². The van der Waals surface area contributed by atoms with E-state index in [1.54, 1.807) is 11.6 Å². The fourth-order valence-corrected chi connectivity index (χ4v) is 5.92. The van der Waals surface area contributed by atoms with Crippen LogP contribution in [0.25, 0.3) is 11.1 Å². The SMILES string of the molecule is CC(=O)N1CCc2c(c(N3CC(C)Cc4cc(-c5cnn(C)c5)c(C#N)cc43)nn2C2CCOC2)C1. The maximum absolute atomic E-state index is 12.3. The second-order valence-electron chi connectivity index (χ2n) is 10.4. The van der Waals surface area contributed by atoms with Crippen LogP contribution in [0, 0.1) is 17.2 Å². The predicted molar refractivity (Wildman–Crippen MR) is 135 cm³/mol. The first-order valence-corrected chi connectivity index (χ1v) is 12.7. The van der Waals surface area contributed by atoms with Crippen molar-refractivity contribution in [3.05, 3.63) is 46.9 Å². The molecule has 6 rings (SSSR count). The zero-order valence-corrected chi connectivity index (χ0v) is 21.1. The van der Waals surface area contributed by atoms with Crippen LogP contribution in [0.2, 0.25) is 0 Å². The second kappa shape index (κ2) is 8.79. The number of carbonyl (C=O) groups excluding carboxylic acids is 1. The minimum absolute atomic E-state index is 0.0869. The molecule has 0 aliphatic carbocycles. The first kappa shape index (κ1) is 22.8. The monoisotopic (exact) mass is 485 g/mol. The summed E-state index contributed by atoms with van der Waals surface area (Å²) >= 11 is 0. The highest BCUT2D eigenvalue weighted by Crippen LogP contribution is 2.42. The van der Waals surface area contributed by atoms with Gasteiger partial charge < -0.3 is 14.5 Å². The van der Waals surface area contributed by atoms with Crippen LogP contribution in [-0.2, 0) is 36.0 Å². The van der Waals surface area contributed by atoms with Gasteiger partial charge in [0.15, 0.2) is 5.82 Å². The fourth-order valence-electron chi connectivity index (χ4n) is 5.92. The van der Waals surface area contributed by atoms with E-state index in [1.807, 2.05) is 30.4 Å². The van der Waals surface area contributed by atoms with Gasteiger partial charge in [0.2, 0.25) is 5.91 Å². The lowest BCUT2D eigenvalue weighted by molar-refractivity contribution is -0.129. The van der Waals surface area contributed by atoms with Gasteiger partial charge in [0.05, 0.1) is 37.0 Å². The number of carbonyl (C=O) groups is 1. The molecular formula is C27H31N7O2. The predicted octanol–water partition coefficient (Wildman–Crippen LogP) is 3.35. The van der Waals surface area contributed by atoms with E-state index >= 15 is 0 Å². The molecule has 0 N–H and O–H groups in total. The smallest absolute Gasteiger partial charge is 0.219 e. The van der Waals surface area contributed by atoms with Crippen LogP contribution in [0.15, 0.2) is 24.5 Å². The highest BCUT2D eigenvalue weighted by atomic mass is 16.5. The van der Waals surface area contributed by atoms with E-state index in [1.165, 1.54) is 11.3 Å². The molecule has 3 aromatic rings. The minimum atomic E-state index is 0.0869. The van der Waals surface area contributed by atoms with Crippen molar-refractivity contribution in [1.82, 2.24) is 24.5 Å². The Bertz CT molecular complexity index is 1380. The third kappa shape index (κ3) is 3.77. The molecular weight excluding hydrogens is 454 g/mol. The molecule has 9 heteroatoms. The lowest BCUT2D eigenvalue weighted by Crippen LogP contribution is -2.36. The van der Waals surface area contributed by atoms with Crippen LogP contribution in [0.3, 0.4) is 0 Å². The molecule has 1 fully saturated rings. The van der Waals surface area contributed by atoms with Crippen molar-refractivity contribution in [2.24, 2.45) is 13.0 Å². The van der Waals surface area contributed by atoms with Crippen LogP contribution >= 0.6 is 0 Å². The number of nitrogens with zero attached hydrogens (tertiary/aromatic N) is 7. The van der Waals surface area contributed by atoms with Gasteiger partial charge in [-0.3, -0.25) is 14.2 Å². The summed E-state index contributed by atoms with van der Waals surface area (Å²) in [6.45, 7) is 7.40. The molecule has 36 heavy (non-hydrogen) atoms. The zero-order chi connectivity index (χ0) is 25.0. The van der Waals surface area contributed by atoms with Crippen molar-refractivity contribution in [3.63, 3.8) is 0 Å². The van der Waals surface area contributed by atoms with E-state index in [0.717, 1.165) is 60.6 Å². The first-order valence-electron chi connectivity index (χ1n) is 12.7. The molecule has 0 saturated carbocycles. The average molecular weight is 486 g/mol. The van der Waals surface area contributed by atoms with Gasteiger partial charge in [-0.05, 0) is 36.5 Å². The summed E-state index contributed by atoms with van der Waals surface area (Å²) in [7, 11) is 1.89. The lowest BCUT2D eigenvalue weighted by atomic mass is 9.89. The molecule has 0 bridgehead atoms. The van der Waals surface area contributed by atoms with E-state index in [2.05, 4.69) is 33.7 Å². The number of benzene rings is 1. The zero-order valence-electron chi connectivity index (χ0n) is 21.1. The number of anilines is 2. The number of aromatic nitrogens is 4. The highest BCUT2D eigenvalue weighted by molar-refractivity contribution is 5.79. The fraction of sp³-hybridized carbons (Fsp3) is 0.481. The quantitative estimate of drug-likeness (QED) is 0.565. The van der Waals surface area contributed by atoms with Gasteiger partial charge in [0, 0.05) is 74.4 Å². The Labute approximate surface area is 210 Å². The largest absolute Gasteiger partial charge is 0.379 e. The second-order valence-corrected chi connectivity index (χ2v) is 10.4. The van der Waals surface area contributed by atoms with Gasteiger partial charge in [-0.2, -0.15) is 15.5 Å². The minimum Gasteiger partial charge on any atom is -0.379 e. The van der Waals surface area contributed by atoms with Crippen molar-refractivity contribution in [3.8, 4) is 17.2 Å². The maximum atomic E-state index is 12.3. The normalized spacial score (nSPS) is 21.3. The number of hydrogen-bond acceptors (Lipinski definition) is 6. The van der Waals surface area contributed by atoms with Gasteiger partial charge in [-0.1, -0.05) is 6.92 Å². The summed E-state index contributed by atoms with van der Waals surface area (Å²) in [5.74, 6) is 1.41. The van der Waals surface area contributed by atoms with Crippen molar-refractivity contribution < 1.29 is 9.53 Å². The highest BCUT2D eigenvalue weighted by Gasteiger charge is 2.35. The van der Waals surface area contributed by atoms with E-state index in [-0.39, 0.29) is 11.9 Å². The number of hydrogen-bond donors (Lipinski definition) is 0. The summed E-state index contributed by atoms with van der Waals surface area (Å²) in [6, 6.07) is 6.80. The summed E-state index contributed by atoms with van der Waals surface area (Å²) < 4.78 is 9.63. The van der Waals surface area contributed by atoms with E-state index < -0.39 is 0 Å². The van der Waals surface area contributed by atoms with Crippen molar-refractivity contribution >= 4 is 17.4 Å². The van der Waals surface area contributed by atoms with Crippen LogP contribution in [0.1, 0.15) is 48.7 Å². The third-order valence-corrected chi connectivity index (χ3v) is 7.73. The number of amides is 1. The van der Waals surface area contributed by atoms with Gasteiger partial charge in [0.1, 0.15) is 0 Å². The lowest BCUT2D eigenvalue weighted by Gasteiger charge is -2.35. The summed E-state index contributed by atoms with van der Waals surface area (Å²) in [5, 5.41) is 19.6. The van der Waals surface area contributed by atoms with Crippen LogP contribution < -0.4 is 4.90 Å². The maximum Gasteiger partial charge on any atom is 0.219 e. The van der Waals surface area contributed by atoms with Gasteiger partial charge >= 0.3 is 0 Å². The number of rotatable bonds is 3. The molecule has 3 aliphatic rings. The molecule has 3 aliphatic heterocycles. The molecule has 1 amide bonds. The van der Waals surface area contributed by atoms with Crippen LogP contribution in [-0.4, -0.2) is 56.7 Å². The van der Waals surface area contributed by atoms with Crippen LogP contribution in [0.4, 0.5) is 11.5 Å². The average Bonchev–Trinajstić information content (AvgIpc) is 3.62. The molecule has 5 heterocycles. The third-order valence-electron chi connectivity index (χ3n) is 7.73. The first-order chi connectivity index (χ1) is 17.4. The van der Waals surface area contributed by atoms with E-state index in [9.17, 15) is 10.1 Å². The Morgan fingerprint density at radius 1 is 1.31 bits per heavy atom. The molecule has 2 aromatic heterocycles. The Kier molecular flexibility index (Phi) is 5.56.